The molecule has 0 amide bonds. The molecule has 0 N–H and O–H groups in total. The number of methoxy groups -OCH3 is 1. The van der Waals surface area contributed by atoms with Crippen molar-refractivity contribution in [3.05, 3.63) is 63.6 Å². The van der Waals surface area contributed by atoms with Crippen LogP contribution in [0, 0.1) is 6.92 Å². The van der Waals surface area contributed by atoms with Crippen molar-refractivity contribution in [3.8, 4) is 5.75 Å². The summed E-state index contributed by atoms with van der Waals surface area (Å²) in [6.07, 6.45) is 0.943. The van der Waals surface area contributed by atoms with E-state index in [4.69, 9.17) is 4.74 Å². The Labute approximate surface area is 131 Å². The maximum absolute atomic E-state index is 5.44. The summed E-state index contributed by atoms with van der Waals surface area (Å²) in [4.78, 5) is 0.248. The van der Waals surface area contributed by atoms with Crippen molar-refractivity contribution < 1.29 is 4.74 Å². The minimum atomic E-state index is 0.248. The van der Waals surface area contributed by atoms with E-state index in [0.29, 0.717) is 0 Å². The molecule has 2 rings (SSSR count). The first kappa shape index (κ1) is 14.6. The van der Waals surface area contributed by atoms with Crippen LogP contribution in [0.2, 0.25) is 0 Å². The van der Waals surface area contributed by atoms with Crippen LogP contribution in [0.3, 0.4) is 0 Å². The molecule has 2 aromatic carbocycles. The van der Waals surface area contributed by atoms with Gasteiger partial charge in [-0.25, -0.2) is 0 Å². The molecule has 0 aromatic heterocycles. The van der Waals surface area contributed by atoms with E-state index in [9.17, 15) is 0 Å². The van der Waals surface area contributed by atoms with Gasteiger partial charge in [0.1, 0.15) is 5.75 Å². The second-order valence-corrected chi connectivity index (χ2v) is 6.56. The fourth-order valence-electron chi connectivity index (χ4n) is 1.98. The van der Waals surface area contributed by atoms with Crippen molar-refractivity contribution in [1.82, 2.24) is 0 Å². The van der Waals surface area contributed by atoms with Crippen LogP contribution in [0.4, 0.5) is 0 Å². The Kier molecular flexibility index (Phi) is 5.06. The normalized spacial score (nSPS) is 12.2. The molecule has 0 radical (unpaired) electrons. The molecular weight excluding hydrogens is 368 g/mol. The van der Waals surface area contributed by atoms with Crippen molar-refractivity contribution in [2.45, 2.75) is 18.2 Å². The van der Waals surface area contributed by atoms with Crippen LogP contribution >= 0.6 is 31.9 Å². The van der Waals surface area contributed by atoms with E-state index in [1.165, 1.54) is 16.7 Å². The van der Waals surface area contributed by atoms with Gasteiger partial charge in [0, 0.05) is 14.9 Å². The van der Waals surface area contributed by atoms with Gasteiger partial charge < -0.3 is 4.74 Å². The van der Waals surface area contributed by atoms with E-state index < -0.39 is 0 Å². The molecule has 0 aliphatic carbocycles. The molecule has 19 heavy (non-hydrogen) atoms. The van der Waals surface area contributed by atoms with E-state index in [0.717, 1.165) is 16.6 Å². The summed E-state index contributed by atoms with van der Waals surface area (Å²) in [5.41, 5.74) is 3.78. The third kappa shape index (κ3) is 3.83. The van der Waals surface area contributed by atoms with Crippen LogP contribution < -0.4 is 4.74 Å². The standard InChI is InChI=1S/C16H16Br2O/c1-11-3-5-12(6-4-11)9-15(18)14-8-7-13(17)10-16(14)19-2/h3-8,10,15H,9H2,1-2H3. The zero-order valence-electron chi connectivity index (χ0n) is 11.0. The predicted molar refractivity (Wildman–Crippen MR) is 87.2 cm³/mol. The molecule has 0 bridgehead atoms. The average Bonchev–Trinajstić information content (AvgIpc) is 2.41. The smallest absolute Gasteiger partial charge is 0.124 e. The third-order valence-electron chi connectivity index (χ3n) is 3.07. The number of halogens is 2. The molecule has 0 fully saturated rings. The number of hydrogen-bond acceptors (Lipinski definition) is 1. The van der Waals surface area contributed by atoms with Gasteiger partial charge >= 0.3 is 0 Å². The van der Waals surface area contributed by atoms with Crippen LogP contribution in [0.5, 0.6) is 5.75 Å². The Morgan fingerprint density at radius 2 is 1.79 bits per heavy atom. The van der Waals surface area contributed by atoms with Gasteiger partial charge in [0.05, 0.1) is 7.11 Å². The molecule has 0 saturated carbocycles. The van der Waals surface area contributed by atoms with E-state index in [1.807, 2.05) is 12.1 Å². The summed E-state index contributed by atoms with van der Waals surface area (Å²) in [5.74, 6) is 0.906. The maximum atomic E-state index is 5.44. The van der Waals surface area contributed by atoms with Crippen LogP contribution in [0.25, 0.3) is 0 Å². The first-order chi connectivity index (χ1) is 9.10. The van der Waals surface area contributed by atoms with Gasteiger partial charge in [-0.05, 0) is 31.0 Å². The zero-order chi connectivity index (χ0) is 13.8. The molecule has 0 aliphatic rings. The Bertz CT molecular complexity index is 549. The lowest BCUT2D eigenvalue weighted by Crippen LogP contribution is -1.99. The summed E-state index contributed by atoms with van der Waals surface area (Å²) >= 11 is 7.23. The van der Waals surface area contributed by atoms with Gasteiger partial charge in [0.2, 0.25) is 0 Å². The molecule has 1 atom stereocenters. The largest absolute Gasteiger partial charge is 0.496 e. The molecule has 0 saturated heterocycles. The van der Waals surface area contributed by atoms with Crippen LogP contribution in [0.1, 0.15) is 21.5 Å². The van der Waals surface area contributed by atoms with Crippen LogP contribution in [-0.2, 0) is 6.42 Å². The minimum Gasteiger partial charge on any atom is -0.496 e. The van der Waals surface area contributed by atoms with Crippen molar-refractivity contribution in [2.75, 3.05) is 7.11 Å². The predicted octanol–water partition coefficient (Wildman–Crippen LogP) is 5.44. The molecule has 1 nitrogen and oxygen atoms in total. The van der Waals surface area contributed by atoms with Crippen molar-refractivity contribution in [2.24, 2.45) is 0 Å². The first-order valence-corrected chi connectivity index (χ1v) is 7.84. The topological polar surface area (TPSA) is 9.23 Å². The summed E-state index contributed by atoms with van der Waals surface area (Å²) in [6, 6.07) is 14.8. The summed E-state index contributed by atoms with van der Waals surface area (Å²) in [6.45, 7) is 2.10. The number of benzene rings is 2. The fraction of sp³-hybridized carbons (Fsp3) is 0.250. The lowest BCUT2D eigenvalue weighted by Gasteiger charge is -2.15. The van der Waals surface area contributed by atoms with Gasteiger partial charge in [0.15, 0.2) is 0 Å². The Morgan fingerprint density at radius 3 is 2.42 bits per heavy atom. The number of hydrogen-bond donors (Lipinski definition) is 0. The van der Waals surface area contributed by atoms with E-state index in [2.05, 4.69) is 69.1 Å². The lowest BCUT2D eigenvalue weighted by atomic mass is 10.0. The Balaban J connectivity index is 2.19. The minimum absolute atomic E-state index is 0.248. The molecule has 0 spiro atoms. The van der Waals surface area contributed by atoms with Crippen molar-refractivity contribution >= 4 is 31.9 Å². The maximum Gasteiger partial charge on any atom is 0.124 e. The number of rotatable bonds is 4. The quantitative estimate of drug-likeness (QED) is 0.638. The molecule has 2 aromatic rings. The van der Waals surface area contributed by atoms with E-state index in [1.54, 1.807) is 7.11 Å². The SMILES string of the molecule is COc1cc(Br)ccc1C(Br)Cc1ccc(C)cc1. The highest BCUT2D eigenvalue weighted by Gasteiger charge is 2.14. The highest BCUT2D eigenvalue weighted by molar-refractivity contribution is 9.10. The number of alkyl halides is 1. The van der Waals surface area contributed by atoms with E-state index >= 15 is 0 Å². The first-order valence-electron chi connectivity index (χ1n) is 6.13. The van der Waals surface area contributed by atoms with Gasteiger partial charge in [-0.2, -0.15) is 0 Å². The Morgan fingerprint density at radius 1 is 1.11 bits per heavy atom. The summed E-state index contributed by atoms with van der Waals surface area (Å²) in [7, 11) is 1.71. The average molecular weight is 384 g/mol. The number of aryl methyl sites for hydroxylation is 1. The highest BCUT2D eigenvalue weighted by Crippen LogP contribution is 2.35. The number of ether oxygens (including phenoxy) is 1. The molecule has 1 unspecified atom stereocenters. The second kappa shape index (κ2) is 6.58. The van der Waals surface area contributed by atoms with Crippen LogP contribution in [-0.4, -0.2) is 7.11 Å². The molecule has 0 aliphatic heterocycles. The highest BCUT2D eigenvalue weighted by atomic mass is 79.9. The van der Waals surface area contributed by atoms with Crippen molar-refractivity contribution in [1.29, 1.82) is 0 Å². The summed E-state index contributed by atoms with van der Waals surface area (Å²) in [5, 5.41) is 0. The van der Waals surface area contributed by atoms with Gasteiger partial charge in [-0.1, -0.05) is 67.8 Å². The molecular formula is C16H16Br2O. The third-order valence-corrected chi connectivity index (χ3v) is 4.38. The zero-order valence-corrected chi connectivity index (χ0v) is 14.2. The van der Waals surface area contributed by atoms with E-state index in [-0.39, 0.29) is 4.83 Å². The van der Waals surface area contributed by atoms with Gasteiger partial charge in [-0.15, -0.1) is 0 Å². The second-order valence-electron chi connectivity index (χ2n) is 4.54. The molecule has 3 heteroatoms. The fourth-order valence-corrected chi connectivity index (χ4v) is 3.08. The lowest BCUT2D eigenvalue weighted by molar-refractivity contribution is 0.409. The van der Waals surface area contributed by atoms with Gasteiger partial charge in [0.25, 0.3) is 0 Å². The Hall–Kier alpha value is -0.800. The molecule has 0 heterocycles. The van der Waals surface area contributed by atoms with Gasteiger partial charge in [-0.3, -0.25) is 0 Å². The van der Waals surface area contributed by atoms with Crippen LogP contribution in [0.15, 0.2) is 46.9 Å². The molecule has 100 valence electrons. The van der Waals surface area contributed by atoms with Crippen molar-refractivity contribution in [3.63, 3.8) is 0 Å². The monoisotopic (exact) mass is 382 g/mol. The summed E-state index contributed by atoms with van der Waals surface area (Å²) < 4.78 is 6.47.